The molecule has 0 aliphatic heterocycles. The lowest BCUT2D eigenvalue weighted by Crippen LogP contribution is -2.25. The van der Waals surface area contributed by atoms with Gasteiger partial charge in [-0.3, -0.25) is 4.79 Å². The van der Waals surface area contributed by atoms with Crippen LogP contribution in [-0.4, -0.2) is 25.8 Å². The number of hydrogen-bond donors (Lipinski definition) is 2. The van der Waals surface area contributed by atoms with Gasteiger partial charge in [0.1, 0.15) is 5.75 Å². The molecule has 0 fully saturated rings. The number of carbonyl (C=O) groups is 1. The van der Waals surface area contributed by atoms with Crippen molar-refractivity contribution in [3.63, 3.8) is 0 Å². The molecule has 5 nitrogen and oxygen atoms in total. The highest BCUT2D eigenvalue weighted by molar-refractivity contribution is 6.36. The van der Waals surface area contributed by atoms with Gasteiger partial charge in [0.15, 0.2) is 0 Å². The smallest absolute Gasteiger partial charge is 0.259 e. The Hall–Kier alpha value is -2.24. The molecule has 0 saturated heterocycles. The number of rotatable bonds is 6. The van der Waals surface area contributed by atoms with Gasteiger partial charge in [-0.2, -0.15) is 5.10 Å². The van der Waals surface area contributed by atoms with Gasteiger partial charge in [0, 0.05) is 16.3 Å². The Kier molecular flexibility index (Phi) is 6.26. The van der Waals surface area contributed by atoms with E-state index in [1.54, 1.807) is 37.4 Å². The zero-order valence-corrected chi connectivity index (χ0v) is 13.9. The number of hydrogen-bond acceptors (Lipinski definition) is 4. The van der Waals surface area contributed by atoms with Crippen LogP contribution in [0.2, 0.25) is 10.0 Å². The highest BCUT2D eigenvalue weighted by atomic mass is 35.5. The number of carbonyl (C=O) groups excluding carboxylic acids is 1. The minimum atomic E-state index is -0.276. The van der Waals surface area contributed by atoms with Gasteiger partial charge in [-0.05, 0) is 36.4 Å². The van der Waals surface area contributed by atoms with Crippen molar-refractivity contribution in [3.8, 4) is 5.75 Å². The van der Waals surface area contributed by atoms with Gasteiger partial charge in [-0.25, -0.2) is 5.43 Å². The molecule has 0 saturated carbocycles. The van der Waals surface area contributed by atoms with E-state index >= 15 is 0 Å². The van der Waals surface area contributed by atoms with Gasteiger partial charge in [0.25, 0.3) is 5.91 Å². The average molecular weight is 352 g/mol. The van der Waals surface area contributed by atoms with E-state index in [9.17, 15) is 4.79 Å². The second-order valence-electron chi connectivity index (χ2n) is 4.54. The van der Waals surface area contributed by atoms with E-state index in [1.807, 2.05) is 12.1 Å². The Labute approximate surface area is 144 Å². The minimum Gasteiger partial charge on any atom is -0.497 e. The van der Waals surface area contributed by atoms with E-state index in [4.69, 9.17) is 27.9 Å². The highest BCUT2D eigenvalue weighted by Crippen LogP contribution is 2.19. The standard InChI is InChI=1S/C16H15Cl2N3O2/c1-23-14-6-4-13(5-7-14)19-10-16(22)21-20-9-11-2-3-12(17)8-15(11)18/h2-9,19H,10H2,1H3,(H,21,22)/b20-9+. The zero-order chi connectivity index (χ0) is 16.7. The first kappa shape index (κ1) is 17.1. The largest absolute Gasteiger partial charge is 0.497 e. The molecule has 0 aliphatic rings. The summed E-state index contributed by atoms with van der Waals surface area (Å²) < 4.78 is 5.06. The van der Waals surface area contributed by atoms with Crippen molar-refractivity contribution < 1.29 is 9.53 Å². The maximum Gasteiger partial charge on any atom is 0.259 e. The molecule has 0 aromatic heterocycles. The fourth-order valence-corrected chi connectivity index (χ4v) is 2.17. The van der Waals surface area contributed by atoms with Crippen molar-refractivity contribution in [2.24, 2.45) is 5.10 Å². The first-order chi connectivity index (χ1) is 11.1. The summed E-state index contributed by atoms with van der Waals surface area (Å²) in [5.41, 5.74) is 3.89. The maximum absolute atomic E-state index is 11.7. The van der Waals surface area contributed by atoms with Crippen molar-refractivity contribution in [1.82, 2.24) is 5.43 Å². The van der Waals surface area contributed by atoms with Crippen LogP contribution in [0.5, 0.6) is 5.75 Å². The summed E-state index contributed by atoms with van der Waals surface area (Å²) in [7, 11) is 1.60. The summed E-state index contributed by atoms with van der Waals surface area (Å²) in [5, 5.41) is 7.84. The summed E-state index contributed by atoms with van der Waals surface area (Å²) in [6.45, 7) is 0.0953. The number of benzene rings is 2. The van der Waals surface area contributed by atoms with Crippen LogP contribution in [0.3, 0.4) is 0 Å². The zero-order valence-electron chi connectivity index (χ0n) is 12.3. The molecule has 1 amide bonds. The second kappa shape index (κ2) is 8.41. The third kappa shape index (κ3) is 5.47. The molecule has 0 bridgehead atoms. The van der Waals surface area contributed by atoms with Crippen molar-refractivity contribution in [3.05, 3.63) is 58.1 Å². The van der Waals surface area contributed by atoms with Crippen LogP contribution in [0.4, 0.5) is 5.69 Å². The normalized spacial score (nSPS) is 10.6. The van der Waals surface area contributed by atoms with Crippen molar-refractivity contribution in [2.75, 3.05) is 19.0 Å². The predicted molar refractivity (Wildman–Crippen MR) is 93.7 cm³/mol. The molecular formula is C16H15Cl2N3O2. The number of nitrogens with zero attached hydrogens (tertiary/aromatic N) is 1. The monoisotopic (exact) mass is 351 g/mol. The van der Waals surface area contributed by atoms with E-state index in [1.165, 1.54) is 6.21 Å². The van der Waals surface area contributed by atoms with Crippen LogP contribution in [0, 0.1) is 0 Å². The van der Waals surface area contributed by atoms with Gasteiger partial charge >= 0.3 is 0 Å². The number of anilines is 1. The van der Waals surface area contributed by atoms with Crippen LogP contribution in [0.15, 0.2) is 47.6 Å². The molecule has 2 aromatic carbocycles. The predicted octanol–water partition coefficient (Wildman–Crippen LogP) is 3.56. The molecule has 2 N–H and O–H groups in total. The number of hydrazone groups is 1. The summed E-state index contributed by atoms with van der Waals surface area (Å²) in [6, 6.07) is 12.3. The van der Waals surface area contributed by atoms with Crippen molar-refractivity contribution >= 4 is 41.0 Å². The van der Waals surface area contributed by atoms with Gasteiger partial charge in [0.05, 0.1) is 24.9 Å². The number of halogens is 2. The first-order valence-electron chi connectivity index (χ1n) is 6.73. The molecule has 23 heavy (non-hydrogen) atoms. The van der Waals surface area contributed by atoms with Crippen LogP contribution in [0.1, 0.15) is 5.56 Å². The number of amides is 1. The fourth-order valence-electron chi connectivity index (χ4n) is 1.71. The van der Waals surface area contributed by atoms with Crippen molar-refractivity contribution in [2.45, 2.75) is 0 Å². The minimum absolute atomic E-state index is 0.0953. The topological polar surface area (TPSA) is 62.7 Å². The first-order valence-corrected chi connectivity index (χ1v) is 7.49. The number of methoxy groups -OCH3 is 1. The lowest BCUT2D eigenvalue weighted by molar-refractivity contribution is -0.119. The molecule has 0 radical (unpaired) electrons. The van der Waals surface area contributed by atoms with Gasteiger partial charge in [0.2, 0.25) is 0 Å². The highest BCUT2D eigenvalue weighted by Gasteiger charge is 2.01. The Morgan fingerprint density at radius 2 is 1.96 bits per heavy atom. The van der Waals surface area contributed by atoms with Crippen LogP contribution < -0.4 is 15.5 Å². The quantitative estimate of drug-likeness (QED) is 0.617. The molecule has 0 spiro atoms. The molecule has 2 aromatic rings. The van der Waals surface area contributed by atoms with E-state index in [0.717, 1.165) is 11.4 Å². The average Bonchev–Trinajstić information content (AvgIpc) is 2.55. The molecule has 0 aliphatic carbocycles. The molecule has 0 heterocycles. The van der Waals surface area contributed by atoms with Crippen LogP contribution in [-0.2, 0) is 4.79 Å². The summed E-state index contributed by atoms with van der Waals surface area (Å²) >= 11 is 11.8. The Bertz CT molecular complexity index is 703. The lowest BCUT2D eigenvalue weighted by atomic mass is 10.2. The molecule has 0 unspecified atom stereocenters. The van der Waals surface area contributed by atoms with E-state index in [2.05, 4.69) is 15.8 Å². The van der Waals surface area contributed by atoms with Crippen molar-refractivity contribution in [1.29, 1.82) is 0 Å². The third-order valence-corrected chi connectivity index (χ3v) is 3.46. The molecular weight excluding hydrogens is 337 g/mol. The fraction of sp³-hybridized carbons (Fsp3) is 0.125. The Morgan fingerprint density at radius 3 is 2.61 bits per heavy atom. The Morgan fingerprint density at radius 1 is 1.22 bits per heavy atom. The molecule has 2 rings (SSSR count). The van der Waals surface area contributed by atoms with E-state index < -0.39 is 0 Å². The molecule has 0 atom stereocenters. The maximum atomic E-state index is 11.7. The van der Waals surface area contributed by atoms with Gasteiger partial charge in [-0.15, -0.1) is 0 Å². The second-order valence-corrected chi connectivity index (χ2v) is 5.38. The lowest BCUT2D eigenvalue weighted by Gasteiger charge is -2.06. The molecule has 7 heteroatoms. The molecule has 120 valence electrons. The number of nitrogens with one attached hydrogen (secondary N) is 2. The summed E-state index contributed by atoms with van der Waals surface area (Å²) in [5.74, 6) is 0.478. The van der Waals surface area contributed by atoms with Crippen LogP contribution in [0.25, 0.3) is 0 Å². The third-order valence-electron chi connectivity index (χ3n) is 2.90. The van der Waals surface area contributed by atoms with E-state index in [-0.39, 0.29) is 12.5 Å². The SMILES string of the molecule is COc1ccc(NCC(=O)N/N=C/c2ccc(Cl)cc2Cl)cc1. The summed E-state index contributed by atoms with van der Waals surface area (Å²) in [6.07, 6.45) is 1.46. The van der Waals surface area contributed by atoms with Gasteiger partial charge < -0.3 is 10.1 Å². The van der Waals surface area contributed by atoms with Crippen LogP contribution >= 0.6 is 23.2 Å². The van der Waals surface area contributed by atoms with Gasteiger partial charge in [-0.1, -0.05) is 29.3 Å². The van der Waals surface area contributed by atoms with E-state index in [0.29, 0.717) is 15.6 Å². The summed E-state index contributed by atoms with van der Waals surface area (Å²) in [4.78, 5) is 11.7. The number of ether oxygens (including phenoxy) is 1. The Balaban J connectivity index is 1.81.